The fourth-order valence-electron chi connectivity index (χ4n) is 4.29. The summed E-state index contributed by atoms with van der Waals surface area (Å²) in [6.07, 6.45) is 2.03. The van der Waals surface area contributed by atoms with E-state index in [1.807, 2.05) is 30.2 Å². The van der Waals surface area contributed by atoms with Gasteiger partial charge in [-0.25, -0.2) is 0 Å². The number of rotatable bonds is 5. The molecule has 3 aromatic carbocycles. The van der Waals surface area contributed by atoms with Crippen molar-refractivity contribution in [2.24, 2.45) is 0 Å². The Morgan fingerprint density at radius 2 is 1.82 bits per heavy atom. The second kappa shape index (κ2) is 8.61. The zero-order chi connectivity index (χ0) is 23.1. The first kappa shape index (κ1) is 21.6. The van der Waals surface area contributed by atoms with Gasteiger partial charge in [0.2, 0.25) is 0 Å². The lowest BCUT2D eigenvalue weighted by Gasteiger charge is -2.27. The summed E-state index contributed by atoms with van der Waals surface area (Å²) in [5.74, 6) is -0.0561. The van der Waals surface area contributed by atoms with Gasteiger partial charge in [0, 0.05) is 27.6 Å². The number of amides is 1. The highest BCUT2D eigenvalue weighted by Crippen LogP contribution is 2.45. The SMILES string of the molecule is CSc1ccc(C2c3c(-c4cc(Cl)ccc4O)n[nH]c3C(=O)N2Cc2ccc(C)cc2)cc1. The molecule has 1 aliphatic heterocycles. The van der Waals surface area contributed by atoms with Gasteiger partial charge in [0.1, 0.15) is 17.1 Å². The zero-order valence-corrected chi connectivity index (χ0v) is 19.7. The van der Waals surface area contributed by atoms with Gasteiger partial charge in [-0.1, -0.05) is 53.6 Å². The average molecular weight is 476 g/mol. The Hall–Kier alpha value is -3.22. The third kappa shape index (κ3) is 3.90. The molecule has 1 amide bonds. The number of carbonyl (C=O) groups excluding carboxylic acids is 1. The highest BCUT2D eigenvalue weighted by atomic mass is 35.5. The van der Waals surface area contributed by atoms with Crippen LogP contribution in [0.2, 0.25) is 5.02 Å². The van der Waals surface area contributed by atoms with Crippen molar-refractivity contribution in [2.75, 3.05) is 6.26 Å². The number of H-pyrrole nitrogens is 1. The molecule has 0 spiro atoms. The van der Waals surface area contributed by atoms with E-state index < -0.39 is 0 Å². The maximum absolute atomic E-state index is 13.5. The quantitative estimate of drug-likeness (QED) is 0.336. The van der Waals surface area contributed by atoms with Crippen molar-refractivity contribution in [3.8, 4) is 17.0 Å². The topological polar surface area (TPSA) is 69.2 Å². The van der Waals surface area contributed by atoms with Gasteiger partial charge in [-0.15, -0.1) is 11.8 Å². The molecule has 0 fully saturated rings. The van der Waals surface area contributed by atoms with Crippen molar-refractivity contribution >= 4 is 29.3 Å². The highest BCUT2D eigenvalue weighted by Gasteiger charge is 2.42. The molecule has 33 heavy (non-hydrogen) atoms. The van der Waals surface area contributed by atoms with Crippen LogP contribution >= 0.6 is 23.4 Å². The first-order valence-electron chi connectivity index (χ1n) is 10.5. The highest BCUT2D eigenvalue weighted by molar-refractivity contribution is 7.98. The lowest BCUT2D eigenvalue weighted by atomic mass is 9.95. The van der Waals surface area contributed by atoms with Crippen LogP contribution in [0.15, 0.2) is 71.6 Å². The third-order valence-corrected chi connectivity index (χ3v) is 6.96. The lowest BCUT2D eigenvalue weighted by Crippen LogP contribution is -2.29. The number of nitrogens with zero attached hydrogens (tertiary/aromatic N) is 2. The van der Waals surface area contributed by atoms with Crippen molar-refractivity contribution in [1.82, 2.24) is 15.1 Å². The number of phenols is 1. The van der Waals surface area contributed by atoms with Crippen LogP contribution in [0.25, 0.3) is 11.3 Å². The molecule has 0 radical (unpaired) electrons. The van der Waals surface area contributed by atoms with Crippen LogP contribution in [-0.4, -0.2) is 32.4 Å². The van der Waals surface area contributed by atoms with E-state index in [1.54, 1.807) is 30.0 Å². The molecule has 0 aliphatic carbocycles. The lowest BCUT2D eigenvalue weighted by molar-refractivity contribution is 0.0730. The molecule has 4 aromatic rings. The fourth-order valence-corrected chi connectivity index (χ4v) is 4.87. The summed E-state index contributed by atoms with van der Waals surface area (Å²) < 4.78 is 0. The summed E-state index contributed by atoms with van der Waals surface area (Å²) in [6, 6.07) is 20.9. The number of fused-ring (bicyclic) bond motifs is 1. The van der Waals surface area contributed by atoms with E-state index in [4.69, 9.17) is 11.6 Å². The molecule has 0 saturated heterocycles. The monoisotopic (exact) mass is 475 g/mol. The Morgan fingerprint density at radius 1 is 1.09 bits per heavy atom. The van der Waals surface area contributed by atoms with Gasteiger partial charge in [0.25, 0.3) is 5.91 Å². The smallest absolute Gasteiger partial charge is 0.273 e. The Balaban J connectivity index is 1.65. The molecule has 1 unspecified atom stereocenters. The van der Waals surface area contributed by atoms with Gasteiger partial charge in [-0.3, -0.25) is 9.89 Å². The Labute approximate surface area is 201 Å². The normalized spacial score (nSPS) is 15.2. The van der Waals surface area contributed by atoms with Crippen LogP contribution in [0.4, 0.5) is 0 Å². The molecular weight excluding hydrogens is 454 g/mol. The molecule has 0 saturated carbocycles. The van der Waals surface area contributed by atoms with Crippen LogP contribution in [0, 0.1) is 6.92 Å². The zero-order valence-electron chi connectivity index (χ0n) is 18.2. The van der Waals surface area contributed by atoms with E-state index >= 15 is 0 Å². The number of aryl methyl sites for hydroxylation is 1. The minimum atomic E-state index is -0.350. The van der Waals surface area contributed by atoms with Crippen LogP contribution < -0.4 is 0 Å². The predicted octanol–water partition coefficient (Wildman–Crippen LogP) is 6.21. The van der Waals surface area contributed by atoms with Crippen molar-refractivity contribution in [3.05, 3.63) is 99.7 Å². The Morgan fingerprint density at radius 3 is 2.52 bits per heavy atom. The van der Waals surface area contributed by atoms with Gasteiger partial charge in [0.05, 0.1) is 6.04 Å². The summed E-state index contributed by atoms with van der Waals surface area (Å²) in [6.45, 7) is 2.50. The summed E-state index contributed by atoms with van der Waals surface area (Å²) >= 11 is 7.89. The standard InChI is InChI=1S/C26H22ClN3O2S/c1-15-3-5-16(6-4-15)14-30-25(17-7-10-19(33-2)11-8-17)22-23(28-29-24(22)26(30)32)20-13-18(27)9-12-21(20)31/h3-13,25,31H,14H2,1-2H3,(H,28,29). The van der Waals surface area contributed by atoms with Crippen LogP contribution in [0.5, 0.6) is 5.75 Å². The molecular formula is C26H22ClN3O2S. The maximum atomic E-state index is 13.5. The molecule has 1 atom stereocenters. The van der Waals surface area contributed by atoms with Crippen molar-refractivity contribution in [1.29, 1.82) is 0 Å². The molecule has 5 nitrogen and oxygen atoms in total. The first-order chi connectivity index (χ1) is 16.0. The predicted molar refractivity (Wildman–Crippen MR) is 132 cm³/mol. The second-order valence-corrected chi connectivity index (χ2v) is 9.43. The minimum Gasteiger partial charge on any atom is -0.507 e. The number of hydrogen-bond donors (Lipinski definition) is 2. The molecule has 7 heteroatoms. The number of aromatic nitrogens is 2. The molecule has 2 N–H and O–H groups in total. The second-order valence-electron chi connectivity index (χ2n) is 8.12. The Bertz CT molecular complexity index is 1330. The number of phenolic OH excluding ortho intramolecular Hbond substituents is 1. The molecule has 5 rings (SSSR count). The first-order valence-corrected chi connectivity index (χ1v) is 12.1. The summed E-state index contributed by atoms with van der Waals surface area (Å²) in [4.78, 5) is 16.5. The molecule has 1 aromatic heterocycles. The van der Waals surface area contributed by atoms with Crippen molar-refractivity contribution in [2.45, 2.75) is 24.4 Å². The summed E-state index contributed by atoms with van der Waals surface area (Å²) in [7, 11) is 0. The number of benzene rings is 3. The van der Waals surface area contributed by atoms with E-state index in [0.29, 0.717) is 28.5 Å². The number of aromatic amines is 1. The number of carbonyl (C=O) groups is 1. The molecule has 1 aliphatic rings. The van der Waals surface area contributed by atoms with E-state index in [-0.39, 0.29) is 17.7 Å². The summed E-state index contributed by atoms with van der Waals surface area (Å²) in [5.41, 5.74) is 5.42. The summed E-state index contributed by atoms with van der Waals surface area (Å²) in [5, 5.41) is 18.4. The van der Waals surface area contributed by atoms with Crippen molar-refractivity contribution in [3.63, 3.8) is 0 Å². The maximum Gasteiger partial charge on any atom is 0.273 e. The van der Waals surface area contributed by atoms with Gasteiger partial charge >= 0.3 is 0 Å². The van der Waals surface area contributed by atoms with Gasteiger partial charge in [0.15, 0.2) is 0 Å². The van der Waals surface area contributed by atoms with E-state index in [9.17, 15) is 9.90 Å². The Kier molecular flexibility index (Phi) is 5.64. The molecule has 166 valence electrons. The molecule has 2 heterocycles. The number of halogens is 1. The van der Waals surface area contributed by atoms with Crippen molar-refractivity contribution < 1.29 is 9.90 Å². The molecule has 0 bridgehead atoms. The average Bonchev–Trinajstić information content (AvgIpc) is 3.36. The van der Waals surface area contributed by atoms with Crippen LogP contribution in [0.3, 0.4) is 0 Å². The minimum absolute atomic E-state index is 0.0645. The van der Waals surface area contributed by atoms with E-state index in [0.717, 1.165) is 21.6 Å². The van der Waals surface area contributed by atoms with Gasteiger partial charge in [-0.2, -0.15) is 5.10 Å². The van der Waals surface area contributed by atoms with E-state index in [1.165, 1.54) is 5.56 Å². The van der Waals surface area contributed by atoms with Crippen LogP contribution in [0.1, 0.15) is 38.8 Å². The number of nitrogens with one attached hydrogen (secondary N) is 1. The van der Waals surface area contributed by atoms with E-state index in [2.05, 4.69) is 46.6 Å². The third-order valence-electron chi connectivity index (χ3n) is 5.98. The number of hydrogen-bond acceptors (Lipinski definition) is 4. The van der Waals surface area contributed by atoms with Gasteiger partial charge in [-0.05, 0) is 54.6 Å². The number of aromatic hydroxyl groups is 1. The van der Waals surface area contributed by atoms with Crippen LogP contribution in [-0.2, 0) is 6.54 Å². The van der Waals surface area contributed by atoms with Gasteiger partial charge < -0.3 is 10.0 Å². The fraction of sp³-hybridized carbons (Fsp3) is 0.154. The largest absolute Gasteiger partial charge is 0.507 e. The number of thioether (sulfide) groups is 1.